The number of nitrogens with one attached hydrogen (secondary N) is 1. The van der Waals surface area contributed by atoms with Crippen LogP contribution in [0.15, 0.2) is 42.5 Å². The van der Waals surface area contributed by atoms with Gasteiger partial charge in [0, 0.05) is 27.4 Å². The van der Waals surface area contributed by atoms with E-state index in [4.69, 9.17) is 0 Å². The lowest BCUT2D eigenvalue weighted by Gasteiger charge is -2.07. The largest absolute Gasteiger partial charge is 0.381 e. The molecule has 0 spiro atoms. The van der Waals surface area contributed by atoms with Crippen molar-refractivity contribution >= 4 is 28.3 Å². The van der Waals surface area contributed by atoms with Crippen molar-refractivity contribution in [3.05, 3.63) is 63.2 Å². The lowest BCUT2D eigenvalue weighted by atomic mass is 10.2. The number of rotatable bonds is 3. The second-order valence-electron chi connectivity index (χ2n) is 3.60. The number of anilines is 1. The highest BCUT2D eigenvalue weighted by Crippen LogP contribution is 2.15. The summed E-state index contributed by atoms with van der Waals surface area (Å²) in [5.41, 5.74) is 1.37. The van der Waals surface area contributed by atoms with Gasteiger partial charge < -0.3 is 5.32 Å². The molecular formula is C13H10F2IN. The van der Waals surface area contributed by atoms with Gasteiger partial charge in [0.2, 0.25) is 0 Å². The Balaban J connectivity index is 2.07. The zero-order valence-electron chi connectivity index (χ0n) is 8.88. The third-order valence-electron chi connectivity index (χ3n) is 2.32. The predicted octanol–water partition coefficient (Wildman–Crippen LogP) is 4.18. The third-order valence-corrected chi connectivity index (χ3v) is 2.99. The molecule has 0 saturated heterocycles. The maximum atomic E-state index is 13.4. The second-order valence-corrected chi connectivity index (χ2v) is 4.85. The number of halogens is 3. The maximum absolute atomic E-state index is 13.4. The van der Waals surface area contributed by atoms with Crippen molar-refractivity contribution in [3.63, 3.8) is 0 Å². The van der Waals surface area contributed by atoms with Crippen LogP contribution in [0, 0.1) is 15.2 Å². The molecule has 0 fully saturated rings. The van der Waals surface area contributed by atoms with E-state index in [9.17, 15) is 8.78 Å². The molecule has 1 N–H and O–H groups in total. The van der Waals surface area contributed by atoms with Crippen molar-refractivity contribution in [2.24, 2.45) is 0 Å². The van der Waals surface area contributed by atoms with Crippen LogP contribution < -0.4 is 5.32 Å². The highest BCUT2D eigenvalue weighted by atomic mass is 127. The highest BCUT2D eigenvalue weighted by Gasteiger charge is 2.03. The van der Waals surface area contributed by atoms with E-state index in [1.54, 1.807) is 0 Å². The van der Waals surface area contributed by atoms with Gasteiger partial charge >= 0.3 is 0 Å². The third kappa shape index (κ3) is 3.39. The van der Waals surface area contributed by atoms with Crippen LogP contribution in [0.25, 0.3) is 0 Å². The Bertz CT molecular complexity index is 529. The molecule has 0 heterocycles. The van der Waals surface area contributed by atoms with Gasteiger partial charge in [0.1, 0.15) is 11.6 Å². The first kappa shape index (κ1) is 12.3. The summed E-state index contributed by atoms with van der Waals surface area (Å²) in [4.78, 5) is 0. The van der Waals surface area contributed by atoms with Gasteiger partial charge in [-0.1, -0.05) is 12.1 Å². The molecule has 0 amide bonds. The van der Waals surface area contributed by atoms with Crippen molar-refractivity contribution in [2.45, 2.75) is 6.54 Å². The summed E-state index contributed by atoms with van der Waals surface area (Å²) in [6.07, 6.45) is 0. The maximum Gasteiger partial charge on any atom is 0.131 e. The summed E-state index contributed by atoms with van der Waals surface area (Å²) in [5.74, 6) is -1.08. The zero-order valence-corrected chi connectivity index (χ0v) is 11.0. The van der Waals surface area contributed by atoms with Crippen LogP contribution in [-0.4, -0.2) is 0 Å². The Morgan fingerprint density at radius 2 is 1.88 bits per heavy atom. The van der Waals surface area contributed by atoms with Gasteiger partial charge in [-0.15, -0.1) is 0 Å². The first-order chi connectivity index (χ1) is 8.15. The Hall–Kier alpha value is -1.17. The van der Waals surface area contributed by atoms with Gasteiger partial charge in [-0.25, -0.2) is 8.78 Å². The number of hydrogen-bond acceptors (Lipinski definition) is 1. The Kier molecular flexibility index (Phi) is 3.93. The summed E-state index contributed by atoms with van der Waals surface area (Å²) >= 11 is 2.21. The molecule has 0 saturated carbocycles. The summed E-state index contributed by atoms with van der Waals surface area (Å²) in [6, 6.07) is 11.4. The molecule has 0 atom stereocenters. The topological polar surface area (TPSA) is 12.0 Å². The predicted molar refractivity (Wildman–Crippen MR) is 72.8 cm³/mol. The van der Waals surface area contributed by atoms with Crippen molar-refractivity contribution in [1.82, 2.24) is 0 Å². The second kappa shape index (κ2) is 5.44. The molecule has 0 aromatic heterocycles. The van der Waals surface area contributed by atoms with Gasteiger partial charge in [-0.2, -0.15) is 0 Å². The van der Waals surface area contributed by atoms with E-state index in [1.165, 1.54) is 12.1 Å². The van der Waals surface area contributed by atoms with Crippen LogP contribution in [0.2, 0.25) is 0 Å². The fourth-order valence-corrected chi connectivity index (χ4v) is 2.00. The molecule has 0 aliphatic carbocycles. The summed E-state index contributed by atoms with van der Waals surface area (Å²) in [7, 11) is 0. The van der Waals surface area contributed by atoms with Gasteiger partial charge in [-0.3, -0.25) is 0 Å². The van der Waals surface area contributed by atoms with Crippen LogP contribution in [-0.2, 0) is 6.54 Å². The van der Waals surface area contributed by atoms with Crippen LogP contribution in [0.4, 0.5) is 14.5 Å². The molecule has 2 rings (SSSR count). The molecule has 0 bridgehead atoms. The normalized spacial score (nSPS) is 10.3. The van der Waals surface area contributed by atoms with Crippen molar-refractivity contribution in [2.75, 3.05) is 5.32 Å². The van der Waals surface area contributed by atoms with E-state index in [-0.39, 0.29) is 0 Å². The SMILES string of the molecule is Fc1ccc(CNc2cccc(I)c2)c(F)c1. The minimum Gasteiger partial charge on any atom is -0.381 e. The van der Waals surface area contributed by atoms with Crippen molar-refractivity contribution < 1.29 is 8.78 Å². The Labute approximate surface area is 112 Å². The van der Waals surface area contributed by atoms with E-state index in [0.717, 1.165) is 15.3 Å². The molecule has 0 aliphatic heterocycles. The standard InChI is InChI=1S/C13H10F2IN/c14-10-5-4-9(13(15)6-10)8-17-12-3-1-2-11(16)7-12/h1-7,17H,8H2. The summed E-state index contributed by atoms with van der Waals surface area (Å²) in [5, 5.41) is 3.09. The molecule has 0 radical (unpaired) electrons. The number of hydrogen-bond donors (Lipinski definition) is 1. The van der Waals surface area contributed by atoms with E-state index in [2.05, 4.69) is 27.9 Å². The van der Waals surface area contributed by atoms with Crippen LogP contribution in [0.5, 0.6) is 0 Å². The van der Waals surface area contributed by atoms with E-state index < -0.39 is 11.6 Å². The van der Waals surface area contributed by atoms with E-state index in [1.807, 2.05) is 24.3 Å². The van der Waals surface area contributed by atoms with Crippen molar-refractivity contribution in [1.29, 1.82) is 0 Å². The quantitative estimate of drug-likeness (QED) is 0.823. The Morgan fingerprint density at radius 3 is 2.59 bits per heavy atom. The van der Waals surface area contributed by atoms with Gasteiger partial charge in [0.25, 0.3) is 0 Å². The lowest BCUT2D eigenvalue weighted by molar-refractivity contribution is 0.574. The lowest BCUT2D eigenvalue weighted by Crippen LogP contribution is -2.02. The highest BCUT2D eigenvalue weighted by molar-refractivity contribution is 14.1. The van der Waals surface area contributed by atoms with Gasteiger partial charge in [0.15, 0.2) is 0 Å². The van der Waals surface area contributed by atoms with Crippen molar-refractivity contribution in [3.8, 4) is 0 Å². The minimum absolute atomic E-state index is 0.339. The van der Waals surface area contributed by atoms with Crippen LogP contribution >= 0.6 is 22.6 Å². The molecule has 2 aromatic rings. The molecule has 88 valence electrons. The summed E-state index contributed by atoms with van der Waals surface area (Å²) in [6.45, 7) is 0.339. The molecule has 0 aliphatic rings. The average Bonchev–Trinajstić information content (AvgIpc) is 2.28. The van der Waals surface area contributed by atoms with Gasteiger partial charge in [-0.05, 0) is 46.9 Å². The molecular weight excluding hydrogens is 335 g/mol. The fourth-order valence-electron chi connectivity index (χ4n) is 1.46. The van der Waals surface area contributed by atoms with Crippen LogP contribution in [0.1, 0.15) is 5.56 Å². The average molecular weight is 345 g/mol. The molecule has 17 heavy (non-hydrogen) atoms. The fraction of sp³-hybridized carbons (Fsp3) is 0.0769. The molecule has 1 nitrogen and oxygen atoms in total. The van der Waals surface area contributed by atoms with E-state index in [0.29, 0.717) is 12.1 Å². The number of benzene rings is 2. The zero-order chi connectivity index (χ0) is 12.3. The molecule has 0 unspecified atom stereocenters. The van der Waals surface area contributed by atoms with E-state index >= 15 is 0 Å². The minimum atomic E-state index is -0.555. The first-order valence-corrected chi connectivity index (χ1v) is 6.16. The smallest absolute Gasteiger partial charge is 0.131 e. The monoisotopic (exact) mass is 345 g/mol. The summed E-state index contributed by atoms with van der Waals surface area (Å²) < 4.78 is 27.2. The van der Waals surface area contributed by atoms with Crippen LogP contribution in [0.3, 0.4) is 0 Å². The first-order valence-electron chi connectivity index (χ1n) is 5.08. The molecule has 4 heteroatoms. The molecule has 2 aromatic carbocycles. The Morgan fingerprint density at radius 1 is 1.06 bits per heavy atom. The van der Waals surface area contributed by atoms with Gasteiger partial charge in [0.05, 0.1) is 0 Å².